The number of benzene rings is 1. The molecule has 0 bridgehead atoms. The molecule has 0 radical (unpaired) electrons. The van der Waals surface area contributed by atoms with Crippen LogP contribution in [0.5, 0.6) is 5.75 Å². The van der Waals surface area contributed by atoms with Gasteiger partial charge in [0.2, 0.25) is 0 Å². The van der Waals surface area contributed by atoms with E-state index in [4.69, 9.17) is 15.7 Å². The molecule has 0 amide bonds. The maximum absolute atomic E-state index is 8.53. The average molecular weight is 178 g/mol. The van der Waals surface area contributed by atoms with Gasteiger partial charge in [-0.2, -0.15) is 0 Å². The quantitative estimate of drug-likeness (QED) is 0.288. The van der Waals surface area contributed by atoms with Crippen molar-refractivity contribution in [1.82, 2.24) is 0 Å². The molecular formula is C9H10N2O2. The van der Waals surface area contributed by atoms with E-state index in [1.54, 1.807) is 6.07 Å². The summed E-state index contributed by atoms with van der Waals surface area (Å²) in [6, 6.07) is 5.64. The zero-order valence-electron chi connectivity index (χ0n) is 7.03. The highest BCUT2D eigenvalue weighted by molar-refractivity contribution is 6.00. The molecule has 0 aromatic heterocycles. The highest BCUT2D eigenvalue weighted by Gasteiger charge is 2.17. The van der Waals surface area contributed by atoms with Crippen LogP contribution in [0.15, 0.2) is 23.4 Å². The molecule has 4 heteroatoms. The minimum Gasteiger partial charge on any atom is -0.492 e. The predicted molar refractivity (Wildman–Crippen MR) is 48.2 cm³/mol. The lowest BCUT2D eigenvalue weighted by Gasteiger charge is -2.05. The molecule has 0 saturated carbocycles. The Morgan fingerprint density at radius 2 is 2.38 bits per heavy atom. The fourth-order valence-electron chi connectivity index (χ4n) is 1.47. The topological polar surface area (TPSA) is 67.8 Å². The number of hydrogen-bond donors (Lipinski definition) is 2. The highest BCUT2D eigenvalue weighted by Crippen LogP contribution is 2.28. The van der Waals surface area contributed by atoms with E-state index >= 15 is 0 Å². The molecule has 1 aliphatic heterocycles. The van der Waals surface area contributed by atoms with Crippen LogP contribution in [0.25, 0.3) is 0 Å². The van der Waals surface area contributed by atoms with Crippen LogP contribution in [0.3, 0.4) is 0 Å². The normalized spacial score (nSPS) is 15.2. The van der Waals surface area contributed by atoms with Crippen LogP contribution in [0.2, 0.25) is 0 Å². The van der Waals surface area contributed by atoms with E-state index in [-0.39, 0.29) is 5.84 Å². The standard InChI is InChI=1S/C9H10N2O2/c10-9(11-12)7-3-1-2-6-4-5-13-8(6)7/h1-3,12H,4-5H2,(H2,10,11). The van der Waals surface area contributed by atoms with Crippen molar-refractivity contribution in [1.29, 1.82) is 0 Å². The first kappa shape index (κ1) is 7.91. The molecule has 13 heavy (non-hydrogen) atoms. The summed E-state index contributed by atoms with van der Waals surface area (Å²) >= 11 is 0. The first-order chi connectivity index (χ1) is 6.33. The fraction of sp³-hybridized carbons (Fsp3) is 0.222. The Bertz CT molecular complexity index is 361. The van der Waals surface area contributed by atoms with Crippen molar-refractivity contribution < 1.29 is 9.94 Å². The minimum absolute atomic E-state index is 0.0961. The van der Waals surface area contributed by atoms with E-state index in [1.807, 2.05) is 12.1 Å². The molecule has 1 heterocycles. The zero-order valence-corrected chi connectivity index (χ0v) is 7.03. The lowest BCUT2D eigenvalue weighted by molar-refractivity contribution is 0.317. The highest BCUT2D eigenvalue weighted by atomic mass is 16.5. The van der Waals surface area contributed by atoms with Gasteiger partial charge in [0.25, 0.3) is 0 Å². The molecule has 0 unspecified atom stereocenters. The molecular weight excluding hydrogens is 168 g/mol. The van der Waals surface area contributed by atoms with Crippen molar-refractivity contribution in [3.05, 3.63) is 29.3 Å². The lowest BCUT2D eigenvalue weighted by atomic mass is 10.1. The number of nitrogens with two attached hydrogens (primary N) is 1. The van der Waals surface area contributed by atoms with Crippen molar-refractivity contribution in [2.75, 3.05) is 6.61 Å². The minimum atomic E-state index is 0.0961. The van der Waals surface area contributed by atoms with Gasteiger partial charge in [0.05, 0.1) is 12.2 Å². The van der Waals surface area contributed by atoms with E-state index in [1.165, 1.54) is 0 Å². The first-order valence-corrected chi connectivity index (χ1v) is 4.05. The summed E-state index contributed by atoms with van der Waals surface area (Å²) < 4.78 is 5.38. The van der Waals surface area contributed by atoms with Gasteiger partial charge in [-0.15, -0.1) is 0 Å². The van der Waals surface area contributed by atoms with Gasteiger partial charge in [0.15, 0.2) is 5.84 Å². The predicted octanol–water partition coefficient (Wildman–Crippen LogP) is 0.716. The number of oxime groups is 1. The van der Waals surface area contributed by atoms with Gasteiger partial charge in [0, 0.05) is 6.42 Å². The Morgan fingerprint density at radius 3 is 3.15 bits per heavy atom. The van der Waals surface area contributed by atoms with Crippen LogP contribution in [0.4, 0.5) is 0 Å². The van der Waals surface area contributed by atoms with Gasteiger partial charge < -0.3 is 15.7 Å². The third kappa shape index (κ3) is 1.20. The van der Waals surface area contributed by atoms with Crippen molar-refractivity contribution in [2.45, 2.75) is 6.42 Å². The van der Waals surface area contributed by atoms with Gasteiger partial charge in [-0.25, -0.2) is 0 Å². The Balaban J connectivity index is 2.53. The summed E-state index contributed by atoms with van der Waals surface area (Å²) in [5.41, 5.74) is 7.27. The van der Waals surface area contributed by atoms with Crippen molar-refractivity contribution in [3.63, 3.8) is 0 Å². The SMILES string of the molecule is N/C(=N/O)c1cccc2c1OCC2. The Kier molecular flexibility index (Phi) is 1.81. The molecule has 0 spiro atoms. The Hall–Kier alpha value is -1.71. The van der Waals surface area contributed by atoms with Crippen LogP contribution in [0.1, 0.15) is 11.1 Å². The zero-order chi connectivity index (χ0) is 9.26. The molecule has 68 valence electrons. The van der Waals surface area contributed by atoms with Crippen LogP contribution in [0, 0.1) is 0 Å². The van der Waals surface area contributed by atoms with Gasteiger partial charge in [-0.05, 0) is 11.6 Å². The average Bonchev–Trinajstić information content (AvgIpc) is 2.63. The third-order valence-electron chi connectivity index (χ3n) is 2.10. The first-order valence-electron chi connectivity index (χ1n) is 4.05. The third-order valence-corrected chi connectivity index (χ3v) is 2.10. The summed E-state index contributed by atoms with van der Waals surface area (Å²) in [5.74, 6) is 0.844. The van der Waals surface area contributed by atoms with E-state index in [9.17, 15) is 0 Å². The molecule has 0 atom stereocenters. The Labute approximate surface area is 75.6 Å². The summed E-state index contributed by atoms with van der Waals surface area (Å²) in [6.45, 7) is 0.672. The van der Waals surface area contributed by atoms with Gasteiger partial charge >= 0.3 is 0 Å². The number of fused-ring (bicyclic) bond motifs is 1. The molecule has 4 nitrogen and oxygen atoms in total. The van der Waals surface area contributed by atoms with E-state index < -0.39 is 0 Å². The smallest absolute Gasteiger partial charge is 0.173 e. The van der Waals surface area contributed by atoms with Crippen LogP contribution in [-0.2, 0) is 6.42 Å². The second-order valence-electron chi connectivity index (χ2n) is 2.88. The molecule has 2 rings (SSSR count). The summed E-state index contributed by atoms with van der Waals surface area (Å²) in [5, 5.41) is 11.5. The van der Waals surface area contributed by atoms with E-state index in [2.05, 4.69) is 5.16 Å². The van der Waals surface area contributed by atoms with Crippen molar-refractivity contribution >= 4 is 5.84 Å². The molecule has 1 aromatic rings. The number of para-hydroxylation sites is 1. The van der Waals surface area contributed by atoms with E-state index in [0.717, 1.165) is 17.7 Å². The second-order valence-corrected chi connectivity index (χ2v) is 2.88. The summed E-state index contributed by atoms with van der Waals surface area (Å²) in [7, 11) is 0. The number of amidine groups is 1. The molecule has 0 saturated heterocycles. The molecule has 0 fully saturated rings. The van der Waals surface area contributed by atoms with Gasteiger partial charge in [-0.3, -0.25) is 0 Å². The summed E-state index contributed by atoms with van der Waals surface area (Å²) in [6.07, 6.45) is 0.891. The maximum Gasteiger partial charge on any atom is 0.173 e. The van der Waals surface area contributed by atoms with Crippen molar-refractivity contribution in [2.24, 2.45) is 10.9 Å². The molecule has 1 aromatic carbocycles. The van der Waals surface area contributed by atoms with Gasteiger partial charge in [0.1, 0.15) is 5.75 Å². The monoisotopic (exact) mass is 178 g/mol. The van der Waals surface area contributed by atoms with Gasteiger partial charge in [-0.1, -0.05) is 17.3 Å². The number of nitrogens with zero attached hydrogens (tertiary/aromatic N) is 1. The Morgan fingerprint density at radius 1 is 1.54 bits per heavy atom. The molecule has 3 N–H and O–H groups in total. The van der Waals surface area contributed by atoms with Crippen molar-refractivity contribution in [3.8, 4) is 5.75 Å². The lowest BCUT2D eigenvalue weighted by Crippen LogP contribution is -2.14. The fourth-order valence-corrected chi connectivity index (χ4v) is 1.47. The largest absolute Gasteiger partial charge is 0.492 e. The maximum atomic E-state index is 8.53. The number of hydrogen-bond acceptors (Lipinski definition) is 3. The van der Waals surface area contributed by atoms with Crippen LogP contribution >= 0.6 is 0 Å². The molecule has 0 aliphatic carbocycles. The number of rotatable bonds is 1. The van der Waals surface area contributed by atoms with E-state index in [0.29, 0.717) is 12.2 Å². The summed E-state index contributed by atoms with van der Waals surface area (Å²) in [4.78, 5) is 0. The second kappa shape index (κ2) is 2.97. The molecule has 1 aliphatic rings. The number of ether oxygens (including phenoxy) is 1. The van der Waals surface area contributed by atoms with Crippen LogP contribution in [-0.4, -0.2) is 17.6 Å². The van der Waals surface area contributed by atoms with Crippen LogP contribution < -0.4 is 10.5 Å².